The van der Waals surface area contributed by atoms with Gasteiger partial charge in [-0.15, -0.1) is 21.5 Å². The van der Waals surface area contributed by atoms with E-state index in [1.165, 1.54) is 15.6 Å². The van der Waals surface area contributed by atoms with Crippen molar-refractivity contribution in [3.8, 4) is 0 Å². The van der Waals surface area contributed by atoms with Crippen LogP contribution >= 0.6 is 11.3 Å². The van der Waals surface area contributed by atoms with Gasteiger partial charge in [-0.1, -0.05) is 24.3 Å². The minimum atomic E-state index is -0.191. The van der Waals surface area contributed by atoms with Crippen molar-refractivity contribution < 1.29 is 4.79 Å². The lowest BCUT2D eigenvalue weighted by molar-refractivity contribution is 0.0944. The van der Waals surface area contributed by atoms with Crippen LogP contribution in [0.3, 0.4) is 0 Å². The molecular weight excluding hydrogens is 418 g/mol. The minimum absolute atomic E-state index is 0.191. The van der Waals surface area contributed by atoms with Gasteiger partial charge in [0.1, 0.15) is 0 Å². The van der Waals surface area contributed by atoms with E-state index >= 15 is 0 Å². The Kier molecular flexibility index (Phi) is 5.35. The molecule has 0 saturated heterocycles. The number of carbonyl (C=O) groups excluding carboxylic acids is 1. The number of nitrogens with zero attached hydrogens (tertiary/aromatic N) is 4. The van der Waals surface area contributed by atoms with Crippen molar-refractivity contribution in [1.29, 1.82) is 0 Å². The average Bonchev–Trinajstić information content (AvgIpc) is 3.22. The van der Waals surface area contributed by atoms with E-state index in [9.17, 15) is 4.79 Å². The molecule has 0 atom stereocenters. The summed E-state index contributed by atoms with van der Waals surface area (Å²) in [7, 11) is 0. The molecule has 0 aliphatic carbocycles. The number of anilines is 1. The lowest BCUT2D eigenvalue weighted by Crippen LogP contribution is -2.33. The van der Waals surface area contributed by atoms with Gasteiger partial charge in [0, 0.05) is 42.6 Å². The predicted molar refractivity (Wildman–Crippen MR) is 128 cm³/mol. The first-order chi connectivity index (χ1) is 15.5. The number of hydrogen-bond donors (Lipinski definition) is 1. The molecule has 1 N–H and O–H groups in total. The molecule has 32 heavy (non-hydrogen) atoms. The normalized spacial score (nSPS) is 13.3. The van der Waals surface area contributed by atoms with Crippen LogP contribution in [0.2, 0.25) is 0 Å². The smallest absolute Gasteiger partial charge is 0.272 e. The largest absolute Gasteiger partial charge is 0.350 e. The van der Waals surface area contributed by atoms with Crippen LogP contribution in [0.1, 0.15) is 44.0 Å². The van der Waals surface area contributed by atoms with E-state index in [-0.39, 0.29) is 5.91 Å². The summed E-state index contributed by atoms with van der Waals surface area (Å²) in [6.07, 6.45) is 2.81. The van der Waals surface area contributed by atoms with Crippen LogP contribution in [0.4, 0.5) is 5.82 Å². The maximum absolute atomic E-state index is 12.9. The number of hydrogen-bond acceptors (Lipinski definition) is 6. The van der Waals surface area contributed by atoms with Crippen molar-refractivity contribution in [3.05, 3.63) is 81.1 Å². The first-order valence-electron chi connectivity index (χ1n) is 10.8. The molecule has 3 aromatic heterocycles. The van der Waals surface area contributed by atoms with Gasteiger partial charge in [0.05, 0.1) is 0 Å². The zero-order valence-electron chi connectivity index (χ0n) is 18.5. The Labute approximate surface area is 191 Å². The Balaban J connectivity index is 1.34. The highest BCUT2D eigenvalue weighted by Gasteiger charge is 2.23. The van der Waals surface area contributed by atoms with Crippen LogP contribution in [-0.4, -0.2) is 27.6 Å². The van der Waals surface area contributed by atoms with E-state index in [1.54, 1.807) is 11.3 Å². The molecular formula is C25H25N5OS. The molecule has 162 valence electrons. The van der Waals surface area contributed by atoms with Gasteiger partial charge >= 0.3 is 0 Å². The summed E-state index contributed by atoms with van der Waals surface area (Å²) in [4.78, 5) is 19.7. The molecule has 6 nitrogen and oxygen atoms in total. The number of aryl methyl sites for hydroxylation is 1. The van der Waals surface area contributed by atoms with E-state index in [2.05, 4.69) is 55.9 Å². The van der Waals surface area contributed by atoms with Crippen LogP contribution in [0.5, 0.6) is 0 Å². The van der Waals surface area contributed by atoms with Crippen molar-refractivity contribution in [1.82, 2.24) is 20.5 Å². The van der Waals surface area contributed by atoms with Crippen molar-refractivity contribution in [2.45, 2.75) is 40.3 Å². The summed E-state index contributed by atoms with van der Waals surface area (Å²) in [5.41, 5.74) is 6.93. The maximum atomic E-state index is 12.9. The number of benzene rings is 1. The molecule has 1 aliphatic heterocycles. The summed E-state index contributed by atoms with van der Waals surface area (Å²) in [5.74, 6) is 0.652. The molecule has 0 fully saturated rings. The minimum Gasteiger partial charge on any atom is -0.350 e. The summed E-state index contributed by atoms with van der Waals surface area (Å²) in [6.45, 7) is 8.11. The Morgan fingerprint density at radius 3 is 2.88 bits per heavy atom. The third-order valence-electron chi connectivity index (χ3n) is 6.19. The van der Waals surface area contributed by atoms with Crippen molar-refractivity contribution in [2.75, 3.05) is 11.4 Å². The second kappa shape index (κ2) is 8.31. The predicted octanol–water partition coefficient (Wildman–Crippen LogP) is 4.50. The Morgan fingerprint density at radius 2 is 2.00 bits per heavy atom. The molecule has 1 amide bonds. The fourth-order valence-electron chi connectivity index (χ4n) is 4.26. The number of rotatable bonds is 4. The maximum Gasteiger partial charge on any atom is 0.272 e. The molecule has 0 radical (unpaired) electrons. The summed E-state index contributed by atoms with van der Waals surface area (Å²) < 4.78 is 1.22. The lowest BCUT2D eigenvalue weighted by Gasteiger charge is -2.30. The van der Waals surface area contributed by atoms with Gasteiger partial charge in [-0.25, -0.2) is 0 Å². The van der Waals surface area contributed by atoms with Crippen LogP contribution < -0.4 is 10.2 Å². The van der Waals surface area contributed by atoms with Gasteiger partial charge in [0.15, 0.2) is 11.5 Å². The Morgan fingerprint density at radius 1 is 1.16 bits per heavy atom. The molecule has 0 bridgehead atoms. The molecule has 1 aliphatic rings. The van der Waals surface area contributed by atoms with E-state index in [0.717, 1.165) is 53.3 Å². The number of thiophene rings is 1. The zero-order chi connectivity index (χ0) is 22.2. The first-order valence-corrected chi connectivity index (χ1v) is 11.7. The third kappa shape index (κ3) is 3.73. The second-order valence-electron chi connectivity index (χ2n) is 8.35. The highest BCUT2D eigenvalue weighted by Crippen LogP contribution is 2.28. The lowest BCUT2D eigenvalue weighted by atomic mass is 10.0. The van der Waals surface area contributed by atoms with E-state index in [0.29, 0.717) is 12.2 Å². The van der Waals surface area contributed by atoms with Gasteiger partial charge in [-0.2, -0.15) is 0 Å². The van der Waals surface area contributed by atoms with Gasteiger partial charge in [-0.3, -0.25) is 9.78 Å². The standard InChI is InChI=1S/C25H25N5OS/c1-15-10-18-13-30(9-8-21(18)26-11-15)24-17(3)16(2)23(28-29-24)25(31)27-12-19-14-32-22-7-5-4-6-20(19)22/h4-7,10-11,14H,8-9,12-13H2,1-3H3,(H,27,31). The second-order valence-corrected chi connectivity index (χ2v) is 9.26. The van der Waals surface area contributed by atoms with E-state index in [1.807, 2.05) is 32.2 Å². The fourth-order valence-corrected chi connectivity index (χ4v) is 5.23. The van der Waals surface area contributed by atoms with E-state index < -0.39 is 0 Å². The average molecular weight is 444 g/mol. The van der Waals surface area contributed by atoms with Gasteiger partial charge in [0.2, 0.25) is 0 Å². The number of amides is 1. The van der Waals surface area contributed by atoms with Crippen LogP contribution in [0, 0.1) is 20.8 Å². The molecule has 4 heterocycles. The number of nitrogens with one attached hydrogen (secondary N) is 1. The first kappa shape index (κ1) is 20.6. The van der Waals surface area contributed by atoms with Crippen LogP contribution in [0.15, 0.2) is 41.9 Å². The number of pyridine rings is 1. The Bertz CT molecular complexity index is 1330. The summed E-state index contributed by atoms with van der Waals surface area (Å²) in [5, 5.41) is 15.1. The Hall–Kier alpha value is -3.32. The molecule has 7 heteroatoms. The number of aromatic nitrogens is 3. The van der Waals surface area contributed by atoms with Crippen molar-refractivity contribution >= 4 is 33.1 Å². The summed E-state index contributed by atoms with van der Waals surface area (Å²) in [6, 6.07) is 10.4. The van der Waals surface area contributed by atoms with Crippen molar-refractivity contribution in [2.24, 2.45) is 0 Å². The topological polar surface area (TPSA) is 71.0 Å². The number of carbonyl (C=O) groups is 1. The van der Waals surface area contributed by atoms with Crippen LogP contribution in [0.25, 0.3) is 10.1 Å². The molecule has 0 saturated carbocycles. The monoisotopic (exact) mass is 443 g/mol. The number of fused-ring (bicyclic) bond motifs is 2. The highest BCUT2D eigenvalue weighted by molar-refractivity contribution is 7.17. The highest BCUT2D eigenvalue weighted by atomic mass is 32.1. The fraction of sp³-hybridized carbons (Fsp3) is 0.280. The van der Waals surface area contributed by atoms with E-state index in [4.69, 9.17) is 0 Å². The summed E-state index contributed by atoms with van der Waals surface area (Å²) >= 11 is 1.69. The molecule has 5 rings (SSSR count). The van der Waals surface area contributed by atoms with Crippen molar-refractivity contribution in [3.63, 3.8) is 0 Å². The molecule has 4 aromatic rings. The zero-order valence-corrected chi connectivity index (χ0v) is 19.3. The molecule has 1 aromatic carbocycles. The molecule has 0 unspecified atom stereocenters. The van der Waals surface area contributed by atoms with Gasteiger partial charge in [-0.05, 0) is 65.4 Å². The van der Waals surface area contributed by atoms with Gasteiger partial charge < -0.3 is 10.2 Å². The van der Waals surface area contributed by atoms with Gasteiger partial charge in [0.25, 0.3) is 5.91 Å². The molecule has 0 spiro atoms. The quantitative estimate of drug-likeness (QED) is 0.503. The van der Waals surface area contributed by atoms with Crippen LogP contribution in [-0.2, 0) is 19.5 Å². The SMILES string of the molecule is Cc1cnc2c(c1)CN(c1nnc(C(=O)NCc3csc4ccccc34)c(C)c1C)CC2. The third-order valence-corrected chi connectivity index (χ3v) is 7.20.